The highest BCUT2D eigenvalue weighted by Gasteiger charge is 2.20. The highest BCUT2D eigenvalue weighted by molar-refractivity contribution is 6.32. The average Bonchev–Trinajstić information content (AvgIpc) is 2.36. The fraction of sp³-hybridized carbons (Fsp3) is 0.667. The maximum absolute atomic E-state index is 6.26. The van der Waals surface area contributed by atoms with Crippen molar-refractivity contribution in [2.75, 3.05) is 13.7 Å². The SMILES string of the molecule is CCNC(CC(C)CC(C)(C)C)c1ccc(OC)c(Cl)c1. The third-order valence-corrected chi connectivity index (χ3v) is 3.92. The molecule has 0 spiro atoms. The summed E-state index contributed by atoms with van der Waals surface area (Å²) < 4.78 is 5.23. The molecule has 0 bridgehead atoms. The van der Waals surface area contributed by atoms with Crippen molar-refractivity contribution in [1.82, 2.24) is 5.32 Å². The quantitative estimate of drug-likeness (QED) is 0.721. The zero-order chi connectivity index (χ0) is 16.0. The van der Waals surface area contributed by atoms with Crippen LogP contribution in [-0.4, -0.2) is 13.7 Å². The van der Waals surface area contributed by atoms with E-state index >= 15 is 0 Å². The molecule has 0 radical (unpaired) electrons. The van der Waals surface area contributed by atoms with Crippen molar-refractivity contribution in [3.8, 4) is 5.75 Å². The van der Waals surface area contributed by atoms with Gasteiger partial charge in [-0.05, 0) is 48.4 Å². The smallest absolute Gasteiger partial charge is 0.137 e. The molecule has 0 saturated carbocycles. The lowest BCUT2D eigenvalue weighted by atomic mass is 9.82. The van der Waals surface area contributed by atoms with Crippen molar-refractivity contribution < 1.29 is 4.74 Å². The number of halogens is 1. The van der Waals surface area contributed by atoms with Crippen molar-refractivity contribution in [2.45, 2.75) is 53.5 Å². The Morgan fingerprint density at radius 3 is 2.43 bits per heavy atom. The predicted octanol–water partition coefficient (Wildman–Crippen LogP) is 5.46. The van der Waals surface area contributed by atoms with Gasteiger partial charge in [0.05, 0.1) is 12.1 Å². The van der Waals surface area contributed by atoms with Crippen molar-refractivity contribution >= 4 is 11.6 Å². The summed E-state index contributed by atoms with van der Waals surface area (Å²) in [6.07, 6.45) is 2.34. The molecule has 1 aromatic rings. The third-order valence-electron chi connectivity index (χ3n) is 3.63. The lowest BCUT2D eigenvalue weighted by Gasteiger charge is -2.27. The fourth-order valence-electron chi connectivity index (χ4n) is 3.01. The summed E-state index contributed by atoms with van der Waals surface area (Å²) in [5.41, 5.74) is 1.61. The van der Waals surface area contributed by atoms with Crippen molar-refractivity contribution in [3.63, 3.8) is 0 Å². The van der Waals surface area contributed by atoms with Crippen LogP contribution in [0.5, 0.6) is 5.75 Å². The molecule has 3 heteroatoms. The van der Waals surface area contributed by atoms with Crippen molar-refractivity contribution in [1.29, 1.82) is 0 Å². The number of benzene rings is 1. The zero-order valence-electron chi connectivity index (χ0n) is 14.3. The van der Waals surface area contributed by atoms with E-state index in [9.17, 15) is 0 Å². The van der Waals surface area contributed by atoms with Gasteiger partial charge in [-0.3, -0.25) is 0 Å². The molecule has 1 aromatic carbocycles. The Labute approximate surface area is 135 Å². The van der Waals surface area contributed by atoms with Gasteiger partial charge in [0.1, 0.15) is 5.75 Å². The second-order valence-electron chi connectivity index (χ2n) is 7.11. The van der Waals surface area contributed by atoms with Gasteiger partial charge < -0.3 is 10.1 Å². The van der Waals surface area contributed by atoms with Gasteiger partial charge in [-0.25, -0.2) is 0 Å². The number of rotatable bonds is 7. The molecule has 2 atom stereocenters. The average molecular weight is 312 g/mol. The van der Waals surface area contributed by atoms with Crippen LogP contribution in [0.4, 0.5) is 0 Å². The van der Waals surface area contributed by atoms with Crippen molar-refractivity contribution in [2.24, 2.45) is 11.3 Å². The Morgan fingerprint density at radius 1 is 1.29 bits per heavy atom. The lowest BCUT2D eigenvalue weighted by molar-refractivity contribution is 0.276. The standard InChI is InChI=1S/C18H30ClNO/c1-7-20-16(10-13(2)12-18(3,4)5)14-8-9-17(21-6)15(19)11-14/h8-9,11,13,16,20H,7,10,12H2,1-6H3. The van der Waals surface area contributed by atoms with E-state index in [1.54, 1.807) is 7.11 Å². The van der Waals surface area contributed by atoms with E-state index in [2.05, 4.69) is 46.0 Å². The first-order valence-corrected chi connectivity index (χ1v) is 8.21. The van der Waals surface area contributed by atoms with Gasteiger partial charge in [0.25, 0.3) is 0 Å². The minimum Gasteiger partial charge on any atom is -0.495 e. The fourth-order valence-corrected chi connectivity index (χ4v) is 3.28. The van der Waals surface area contributed by atoms with Crippen LogP contribution in [0.15, 0.2) is 18.2 Å². The first-order valence-electron chi connectivity index (χ1n) is 7.83. The van der Waals surface area contributed by atoms with E-state index in [4.69, 9.17) is 16.3 Å². The second kappa shape index (κ2) is 8.05. The van der Waals surface area contributed by atoms with Gasteiger partial charge in [0.15, 0.2) is 0 Å². The minimum absolute atomic E-state index is 0.343. The van der Waals surface area contributed by atoms with Crippen LogP contribution in [0.2, 0.25) is 5.02 Å². The summed E-state index contributed by atoms with van der Waals surface area (Å²) in [4.78, 5) is 0. The molecule has 0 aliphatic carbocycles. The van der Waals surface area contributed by atoms with Crippen LogP contribution in [0.25, 0.3) is 0 Å². The molecule has 1 N–H and O–H groups in total. The molecule has 2 nitrogen and oxygen atoms in total. The molecule has 120 valence electrons. The van der Waals surface area contributed by atoms with Gasteiger partial charge in [-0.2, -0.15) is 0 Å². The maximum atomic E-state index is 6.26. The van der Waals surface area contributed by atoms with Gasteiger partial charge in [-0.1, -0.05) is 52.3 Å². The molecule has 2 unspecified atom stereocenters. The largest absolute Gasteiger partial charge is 0.495 e. The first kappa shape index (κ1) is 18.3. The summed E-state index contributed by atoms with van der Waals surface area (Å²) >= 11 is 6.26. The summed E-state index contributed by atoms with van der Waals surface area (Å²) in [5.74, 6) is 1.40. The summed E-state index contributed by atoms with van der Waals surface area (Å²) in [7, 11) is 1.65. The summed E-state index contributed by atoms with van der Waals surface area (Å²) in [5, 5.41) is 4.26. The van der Waals surface area contributed by atoms with Crippen LogP contribution in [0, 0.1) is 11.3 Å². The molecule has 0 heterocycles. The molecule has 0 fully saturated rings. The van der Waals surface area contributed by atoms with E-state index in [1.807, 2.05) is 12.1 Å². The molecule has 0 saturated heterocycles. The third kappa shape index (κ3) is 6.27. The van der Waals surface area contributed by atoms with E-state index in [-0.39, 0.29) is 0 Å². The Bertz CT molecular complexity index is 439. The van der Waals surface area contributed by atoms with Crippen LogP contribution in [0.3, 0.4) is 0 Å². The Morgan fingerprint density at radius 2 is 1.95 bits per heavy atom. The first-order chi connectivity index (χ1) is 9.76. The normalized spacial score (nSPS) is 14.8. The molecule has 21 heavy (non-hydrogen) atoms. The van der Waals surface area contributed by atoms with Crippen LogP contribution >= 0.6 is 11.6 Å². The van der Waals surface area contributed by atoms with Gasteiger partial charge in [-0.15, -0.1) is 0 Å². The Kier molecular flexibility index (Phi) is 7.02. The molecule has 0 aliphatic heterocycles. The van der Waals surface area contributed by atoms with Gasteiger partial charge in [0, 0.05) is 6.04 Å². The number of methoxy groups -OCH3 is 1. The van der Waals surface area contributed by atoms with E-state index in [1.165, 1.54) is 12.0 Å². The summed E-state index contributed by atoms with van der Waals surface area (Å²) in [6, 6.07) is 6.44. The Hall–Kier alpha value is -0.730. The van der Waals surface area contributed by atoms with E-state index in [0.717, 1.165) is 18.7 Å². The summed E-state index contributed by atoms with van der Waals surface area (Å²) in [6.45, 7) is 12.3. The highest BCUT2D eigenvalue weighted by atomic mass is 35.5. The lowest BCUT2D eigenvalue weighted by Crippen LogP contribution is -2.24. The molecule has 0 aliphatic rings. The second-order valence-corrected chi connectivity index (χ2v) is 7.52. The van der Waals surface area contributed by atoms with Gasteiger partial charge in [0.2, 0.25) is 0 Å². The molecule has 1 rings (SSSR count). The van der Waals surface area contributed by atoms with E-state index < -0.39 is 0 Å². The number of ether oxygens (including phenoxy) is 1. The van der Waals surface area contributed by atoms with Crippen LogP contribution in [0.1, 0.15) is 59.1 Å². The van der Waals surface area contributed by atoms with Gasteiger partial charge >= 0.3 is 0 Å². The molecular formula is C18H30ClNO. The van der Waals surface area contributed by atoms with Crippen LogP contribution < -0.4 is 10.1 Å². The number of nitrogens with one attached hydrogen (secondary N) is 1. The number of hydrogen-bond acceptors (Lipinski definition) is 2. The molecule has 0 aromatic heterocycles. The minimum atomic E-state index is 0.343. The predicted molar refractivity (Wildman–Crippen MR) is 92.3 cm³/mol. The Balaban J connectivity index is 2.83. The highest BCUT2D eigenvalue weighted by Crippen LogP contribution is 2.33. The van der Waals surface area contributed by atoms with Crippen LogP contribution in [-0.2, 0) is 0 Å². The maximum Gasteiger partial charge on any atom is 0.137 e. The monoisotopic (exact) mass is 311 g/mol. The van der Waals surface area contributed by atoms with E-state index in [0.29, 0.717) is 22.4 Å². The topological polar surface area (TPSA) is 21.3 Å². The van der Waals surface area contributed by atoms with Crippen molar-refractivity contribution in [3.05, 3.63) is 28.8 Å². The number of hydrogen-bond donors (Lipinski definition) is 1. The molecular weight excluding hydrogens is 282 g/mol. The zero-order valence-corrected chi connectivity index (χ0v) is 15.1. The molecule has 0 amide bonds.